The second-order valence-electron chi connectivity index (χ2n) is 8.14. The minimum atomic E-state index is -3.11. The first-order chi connectivity index (χ1) is 15.8. The number of sulfone groups is 1. The van der Waals surface area contributed by atoms with Crippen molar-refractivity contribution in [2.24, 2.45) is 4.99 Å². The summed E-state index contributed by atoms with van der Waals surface area (Å²) in [5, 5.41) is 0.436. The van der Waals surface area contributed by atoms with Crippen LogP contribution in [0.15, 0.2) is 53.5 Å². The summed E-state index contributed by atoms with van der Waals surface area (Å²) < 4.78 is 30.0. The van der Waals surface area contributed by atoms with Crippen molar-refractivity contribution in [2.75, 3.05) is 41.5 Å². The number of carbonyl (C=O) groups is 1. The van der Waals surface area contributed by atoms with E-state index in [1.807, 2.05) is 53.4 Å². The summed E-state index contributed by atoms with van der Waals surface area (Å²) in [7, 11) is -1.54. The molecule has 0 spiro atoms. The predicted octanol–water partition coefficient (Wildman–Crippen LogP) is 3.39. The molecular formula is C24H29N3O4S2. The molecule has 4 rings (SSSR count). The lowest BCUT2D eigenvalue weighted by molar-refractivity contribution is -0.117. The molecule has 0 bridgehead atoms. The molecule has 2 fully saturated rings. The summed E-state index contributed by atoms with van der Waals surface area (Å²) in [5.74, 6) is 0.546. The fourth-order valence-electron chi connectivity index (χ4n) is 4.44. The number of carbonyl (C=O) groups excluding carboxylic acids is 1. The number of ether oxygens (including phenoxy) is 1. The van der Waals surface area contributed by atoms with Crippen molar-refractivity contribution in [3.63, 3.8) is 0 Å². The minimum absolute atomic E-state index is 0.0716. The van der Waals surface area contributed by atoms with E-state index in [9.17, 15) is 13.2 Å². The molecule has 2 aromatic rings. The molecule has 0 radical (unpaired) electrons. The Hall–Kier alpha value is -2.52. The van der Waals surface area contributed by atoms with Gasteiger partial charge in [-0.05, 0) is 44.2 Å². The lowest BCUT2D eigenvalue weighted by atomic mass is 10.1. The predicted molar refractivity (Wildman–Crippen MR) is 135 cm³/mol. The summed E-state index contributed by atoms with van der Waals surface area (Å²) in [6.07, 6.45) is 0.121. The number of para-hydroxylation sites is 1. The maximum Gasteiger partial charge on any atom is 0.252 e. The van der Waals surface area contributed by atoms with E-state index in [2.05, 4.69) is 23.7 Å². The van der Waals surface area contributed by atoms with Crippen LogP contribution in [0.1, 0.15) is 19.4 Å². The normalized spacial score (nSPS) is 22.4. The van der Waals surface area contributed by atoms with Gasteiger partial charge in [-0.25, -0.2) is 8.42 Å². The number of nitrogens with zero attached hydrogens (tertiary/aromatic N) is 3. The van der Waals surface area contributed by atoms with E-state index in [4.69, 9.17) is 4.74 Å². The average Bonchev–Trinajstić information content (AvgIpc) is 3.26. The molecular weight excluding hydrogens is 458 g/mol. The van der Waals surface area contributed by atoms with Crippen LogP contribution >= 0.6 is 11.8 Å². The molecule has 0 aromatic heterocycles. The number of aliphatic imine (C=N–C) groups is 1. The van der Waals surface area contributed by atoms with Gasteiger partial charge < -0.3 is 14.5 Å². The number of methoxy groups -OCH3 is 1. The van der Waals surface area contributed by atoms with Gasteiger partial charge in [-0.3, -0.25) is 4.79 Å². The highest BCUT2D eigenvalue weighted by Crippen LogP contribution is 2.41. The SMILES string of the molecule is CCN(CC)c1ccc(N2C(=NC(=O)Cc3ccccc3OC)S[C@@H]3CS(=O)(=O)C[C@H]32)cc1. The molecule has 1 amide bonds. The zero-order valence-corrected chi connectivity index (χ0v) is 20.7. The van der Waals surface area contributed by atoms with E-state index in [-0.39, 0.29) is 35.1 Å². The Morgan fingerprint density at radius 1 is 1.12 bits per heavy atom. The Morgan fingerprint density at radius 2 is 1.82 bits per heavy atom. The molecule has 2 aliphatic rings. The van der Waals surface area contributed by atoms with Crippen molar-refractivity contribution in [3.8, 4) is 5.75 Å². The van der Waals surface area contributed by atoms with Gasteiger partial charge in [0.05, 0.1) is 31.1 Å². The van der Waals surface area contributed by atoms with Crippen LogP contribution in [0.25, 0.3) is 0 Å². The largest absolute Gasteiger partial charge is 0.496 e. The number of anilines is 2. The molecule has 2 aromatic carbocycles. The van der Waals surface area contributed by atoms with Crippen LogP contribution in [0.5, 0.6) is 5.75 Å². The molecule has 2 atom stereocenters. The quantitative estimate of drug-likeness (QED) is 0.592. The summed E-state index contributed by atoms with van der Waals surface area (Å²) >= 11 is 1.39. The van der Waals surface area contributed by atoms with Crippen LogP contribution in [0.3, 0.4) is 0 Å². The monoisotopic (exact) mass is 487 g/mol. The van der Waals surface area contributed by atoms with Gasteiger partial charge in [-0.15, -0.1) is 0 Å². The molecule has 0 unspecified atom stereocenters. The molecule has 0 N–H and O–H groups in total. The van der Waals surface area contributed by atoms with Gasteiger partial charge in [0.2, 0.25) is 0 Å². The van der Waals surface area contributed by atoms with E-state index in [0.29, 0.717) is 10.9 Å². The number of benzene rings is 2. The molecule has 7 nitrogen and oxygen atoms in total. The van der Waals surface area contributed by atoms with Gasteiger partial charge in [0.25, 0.3) is 5.91 Å². The van der Waals surface area contributed by atoms with Crippen LogP contribution in [0.2, 0.25) is 0 Å². The second-order valence-corrected chi connectivity index (χ2v) is 11.5. The lowest BCUT2D eigenvalue weighted by Gasteiger charge is -2.26. The van der Waals surface area contributed by atoms with Gasteiger partial charge in [0.1, 0.15) is 5.75 Å². The third-order valence-corrected chi connectivity index (χ3v) is 9.29. The highest BCUT2D eigenvalue weighted by molar-refractivity contribution is 8.16. The molecule has 9 heteroatoms. The fraction of sp³-hybridized carbons (Fsp3) is 0.417. The number of rotatable bonds is 7. The maximum absolute atomic E-state index is 12.9. The standard InChI is InChI=1S/C24H29N3O4S2/c1-4-26(5-2)18-10-12-19(13-11-18)27-20-15-33(29,30)16-22(20)32-24(27)25-23(28)14-17-8-6-7-9-21(17)31-3/h6-13,20,22H,4-5,14-16H2,1-3H3/t20-,22-/m1/s1. The Balaban J connectivity index is 1.63. The number of fused-ring (bicyclic) bond motifs is 1. The van der Waals surface area contributed by atoms with Crippen LogP contribution in [-0.4, -0.2) is 62.5 Å². The first kappa shape index (κ1) is 23.6. The van der Waals surface area contributed by atoms with E-state index in [1.54, 1.807) is 7.11 Å². The van der Waals surface area contributed by atoms with Crippen molar-refractivity contribution >= 4 is 44.0 Å². The van der Waals surface area contributed by atoms with Gasteiger partial charge in [0, 0.05) is 35.3 Å². The van der Waals surface area contributed by atoms with Crippen LogP contribution in [-0.2, 0) is 21.1 Å². The Labute approximate surface area is 199 Å². The Morgan fingerprint density at radius 3 is 2.48 bits per heavy atom. The smallest absolute Gasteiger partial charge is 0.252 e. The Kier molecular flexibility index (Phi) is 6.99. The van der Waals surface area contributed by atoms with Crippen molar-refractivity contribution < 1.29 is 17.9 Å². The number of hydrogen-bond acceptors (Lipinski definition) is 6. The van der Waals surface area contributed by atoms with Crippen molar-refractivity contribution in [2.45, 2.75) is 31.6 Å². The van der Waals surface area contributed by atoms with Crippen LogP contribution < -0.4 is 14.5 Å². The van der Waals surface area contributed by atoms with E-state index < -0.39 is 9.84 Å². The van der Waals surface area contributed by atoms with Gasteiger partial charge in [0.15, 0.2) is 15.0 Å². The molecule has 0 aliphatic carbocycles. The van der Waals surface area contributed by atoms with Crippen LogP contribution in [0, 0.1) is 0 Å². The molecule has 2 saturated heterocycles. The highest BCUT2D eigenvalue weighted by Gasteiger charge is 2.49. The molecule has 2 aliphatic heterocycles. The lowest BCUT2D eigenvalue weighted by Crippen LogP contribution is -2.37. The third-order valence-electron chi connectivity index (χ3n) is 6.08. The summed E-state index contributed by atoms with van der Waals surface area (Å²) in [6.45, 7) is 6.03. The molecule has 33 heavy (non-hydrogen) atoms. The summed E-state index contributed by atoms with van der Waals surface area (Å²) in [6, 6.07) is 15.2. The summed E-state index contributed by atoms with van der Waals surface area (Å²) in [4.78, 5) is 21.5. The zero-order chi connectivity index (χ0) is 23.6. The van der Waals surface area contributed by atoms with Gasteiger partial charge >= 0.3 is 0 Å². The van der Waals surface area contributed by atoms with E-state index in [1.165, 1.54) is 11.8 Å². The zero-order valence-electron chi connectivity index (χ0n) is 19.1. The first-order valence-electron chi connectivity index (χ1n) is 11.1. The number of thioether (sulfide) groups is 1. The van der Waals surface area contributed by atoms with E-state index in [0.717, 1.165) is 30.0 Å². The average molecular weight is 488 g/mol. The number of amides is 1. The second kappa shape index (κ2) is 9.77. The van der Waals surface area contributed by atoms with Gasteiger partial charge in [-0.2, -0.15) is 4.99 Å². The van der Waals surface area contributed by atoms with Gasteiger partial charge in [-0.1, -0.05) is 30.0 Å². The number of amidine groups is 1. The van der Waals surface area contributed by atoms with Crippen molar-refractivity contribution in [3.05, 3.63) is 54.1 Å². The Bertz CT molecular complexity index is 1140. The first-order valence-corrected chi connectivity index (χ1v) is 13.8. The molecule has 2 heterocycles. The summed E-state index contributed by atoms with van der Waals surface area (Å²) in [5.41, 5.74) is 2.74. The third kappa shape index (κ3) is 5.04. The topological polar surface area (TPSA) is 79.3 Å². The number of hydrogen-bond donors (Lipinski definition) is 0. The maximum atomic E-state index is 12.9. The molecule has 0 saturated carbocycles. The fourth-order valence-corrected chi connectivity index (χ4v) is 8.37. The van der Waals surface area contributed by atoms with Crippen LogP contribution in [0.4, 0.5) is 11.4 Å². The highest BCUT2D eigenvalue weighted by atomic mass is 32.2. The minimum Gasteiger partial charge on any atom is -0.496 e. The van der Waals surface area contributed by atoms with Crippen molar-refractivity contribution in [1.82, 2.24) is 0 Å². The molecule has 176 valence electrons. The van der Waals surface area contributed by atoms with E-state index >= 15 is 0 Å². The van der Waals surface area contributed by atoms with Crippen molar-refractivity contribution in [1.29, 1.82) is 0 Å².